The van der Waals surface area contributed by atoms with Gasteiger partial charge >= 0.3 is 0 Å². The second-order valence-corrected chi connectivity index (χ2v) is 4.77. The molecule has 0 aromatic heterocycles. The summed E-state index contributed by atoms with van der Waals surface area (Å²) in [7, 11) is 0. The molecule has 2 aliphatic rings. The van der Waals surface area contributed by atoms with Gasteiger partial charge in [0.05, 0.1) is 0 Å². The smallest absolute Gasteiger partial charge is 0.00676 e. The fraction of sp³-hybridized carbons (Fsp3) is 1.00. The third kappa shape index (κ3) is 1.58. The van der Waals surface area contributed by atoms with Crippen molar-refractivity contribution in [1.29, 1.82) is 0 Å². The van der Waals surface area contributed by atoms with Gasteiger partial charge in [-0.15, -0.1) is 0 Å². The molecule has 1 atom stereocenters. The van der Waals surface area contributed by atoms with Crippen molar-refractivity contribution < 1.29 is 0 Å². The predicted molar refractivity (Wildman–Crippen MR) is 47.6 cm³/mol. The minimum absolute atomic E-state index is 0.721. The van der Waals surface area contributed by atoms with E-state index in [1.54, 1.807) is 0 Å². The first-order valence-electron chi connectivity index (χ1n) is 4.94. The second-order valence-electron chi connectivity index (χ2n) is 4.77. The summed E-state index contributed by atoms with van der Waals surface area (Å²) in [5.41, 5.74) is 0.721. The van der Waals surface area contributed by atoms with E-state index < -0.39 is 0 Å². The molecule has 2 fully saturated rings. The van der Waals surface area contributed by atoms with Gasteiger partial charge in [0.2, 0.25) is 0 Å². The van der Waals surface area contributed by atoms with E-state index >= 15 is 0 Å². The Bertz CT molecular complexity index is 149. The van der Waals surface area contributed by atoms with E-state index in [1.165, 1.54) is 38.8 Å². The fourth-order valence-electron chi connectivity index (χ4n) is 2.09. The summed E-state index contributed by atoms with van der Waals surface area (Å²) in [6.07, 6.45) is 5.79. The topological polar surface area (TPSA) is 3.24 Å². The Hall–Kier alpha value is -0.0400. The molecule has 0 radical (unpaired) electrons. The third-order valence-electron chi connectivity index (χ3n) is 3.38. The molecule has 0 spiro atoms. The molecule has 1 heteroatoms. The van der Waals surface area contributed by atoms with Gasteiger partial charge in [-0.25, -0.2) is 0 Å². The lowest BCUT2D eigenvalue weighted by atomic mass is 10.1. The lowest BCUT2D eigenvalue weighted by Crippen LogP contribution is -2.31. The molecule has 1 aliphatic heterocycles. The zero-order valence-corrected chi connectivity index (χ0v) is 7.77. The average molecular weight is 153 g/mol. The van der Waals surface area contributed by atoms with Crippen molar-refractivity contribution in [3.05, 3.63) is 0 Å². The van der Waals surface area contributed by atoms with E-state index in [1.807, 2.05) is 0 Å². The normalized spacial score (nSPS) is 36.0. The molecule has 2 rings (SSSR count). The summed E-state index contributed by atoms with van der Waals surface area (Å²) in [6, 6.07) is 0.868. The van der Waals surface area contributed by atoms with Crippen LogP contribution >= 0.6 is 0 Å². The lowest BCUT2D eigenvalue weighted by Gasteiger charge is -2.24. The van der Waals surface area contributed by atoms with Crippen molar-refractivity contribution in [2.24, 2.45) is 5.41 Å². The van der Waals surface area contributed by atoms with Crippen molar-refractivity contribution in [2.75, 3.05) is 13.1 Å². The summed E-state index contributed by atoms with van der Waals surface area (Å²) >= 11 is 0. The predicted octanol–water partition coefficient (Wildman–Crippen LogP) is 2.27. The van der Waals surface area contributed by atoms with Crippen molar-refractivity contribution >= 4 is 0 Å². The minimum Gasteiger partial charge on any atom is -0.300 e. The molecule has 64 valence electrons. The molecular formula is C10H19N. The molecule has 0 aromatic rings. The zero-order chi connectivity index (χ0) is 7.90. The van der Waals surface area contributed by atoms with Crippen molar-refractivity contribution in [2.45, 2.75) is 45.6 Å². The van der Waals surface area contributed by atoms with E-state index in [0.717, 1.165) is 11.5 Å². The van der Waals surface area contributed by atoms with Crippen LogP contribution in [0.5, 0.6) is 0 Å². The van der Waals surface area contributed by atoms with Gasteiger partial charge in [0.25, 0.3) is 0 Å². The summed E-state index contributed by atoms with van der Waals surface area (Å²) in [4.78, 5) is 2.67. The molecule has 0 bridgehead atoms. The van der Waals surface area contributed by atoms with Crippen LogP contribution in [-0.2, 0) is 0 Å². The van der Waals surface area contributed by atoms with E-state index in [-0.39, 0.29) is 0 Å². The molecular weight excluding hydrogens is 134 g/mol. The van der Waals surface area contributed by atoms with Gasteiger partial charge in [-0.05, 0) is 44.6 Å². The molecule has 1 saturated carbocycles. The molecule has 0 N–H and O–H groups in total. The Morgan fingerprint density at radius 1 is 1.45 bits per heavy atom. The van der Waals surface area contributed by atoms with Crippen LogP contribution in [-0.4, -0.2) is 24.0 Å². The van der Waals surface area contributed by atoms with Gasteiger partial charge < -0.3 is 4.90 Å². The standard InChI is InChI=1S/C10H19N/c1-9-4-3-7-11(9)8-10(2)5-6-10/h9H,3-8H2,1-2H3. The second kappa shape index (κ2) is 2.48. The highest BCUT2D eigenvalue weighted by Gasteiger charge is 2.40. The maximum absolute atomic E-state index is 2.67. The summed E-state index contributed by atoms with van der Waals surface area (Å²) in [5, 5.41) is 0. The Morgan fingerprint density at radius 2 is 2.18 bits per heavy atom. The monoisotopic (exact) mass is 153 g/mol. The van der Waals surface area contributed by atoms with Gasteiger partial charge in [0.15, 0.2) is 0 Å². The van der Waals surface area contributed by atoms with Crippen LogP contribution in [0.15, 0.2) is 0 Å². The summed E-state index contributed by atoms with van der Waals surface area (Å²) < 4.78 is 0. The number of nitrogens with zero attached hydrogens (tertiary/aromatic N) is 1. The van der Waals surface area contributed by atoms with Crippen LogP contribution in [0.4, 0.5) is 0 Å². The van der Waals surface area contributed by atoms with Crippen molar-refractivity contribution in [3.8, 4) is 0 Å². The summed E-state index contributed by atoms with van der Waals surface area (Å²) in [6.45, 7) is 7.53. The maximum Gasteiger partial charge on any atom is 0.00676 e. The molecule has 0 aromatic carbocycles. The number of likely N-dealkylation sites (tertiary alicyclic amines) is 1. The van der Waals surface area contributed by atoms with Crippen LogP contribution < -0.4 is 0 Å². The number of hydrogen-bond donors (Lipinski definition) is 0. The Balaban J connectivity index is 1.85. The SMILES string of the molecule is CC1CCCN1CC1(C)CC1. The van der Waals surface area contributed by atoms with Gasteiger partial charge in [-0.1, -0.05) is 6.92 Å². The van der Waals surface area contributed by atoms with Gasteiger partial charge in [0, 0.05) is 12.6 Å². The molecule has 1 aliphatic carbocycles. The molecule has 1 heterocycles. The zero-order valence-electron chi connectivity index (χ0n) is 7.77. The van der Waals surface area contributed by atoms with Gasteiger partial charge in [0.1, 0.15) is 0 Å². The number of hydrogen-bond acceptors (Lipinski definition) is 1. The first-order valence-corrected chi connectivity index (χ1v) is 4.94. The van der Waals surface area contributed by atoms with Crippen molar-refractivity contribution in [3.63, 3.8) is 0 Å². The molecule has 0 amide bonds. The summed E-state index contributed by atoms with van der Waals surface area (Å²) in [5.74, 6) is 0. The van der Waals surface area contributed by atoms with E-state index in [4.69, 9.17) is 0 Å². The minimum atomic E-state index is 0.721. The van der Waals surface area contributed by atoms with E-state index in [9.17, 15) is 0 Å². The Labute approximate surface area is 69.8 Å². The highest BCUT2D eigenvalue weighted by molar-refractivity contribution is 4.93. The first kappa shape index (κ1) is 7.60. The third-order valence-corrected chi connectivity index (χ3v) is 3.38. The van der Waals surface area contributed by atoms with Crippen LogP contribution in [0.1, 0.15) is 39.5 Å². The first-order chi connectivity index (χ1) is 5.20. The van der Waals surface area contributed by atoms with Crippen LogP contribution in [0.25, 0.3) is 0 Å². The molecule has 11 heavy (non-hydrogen) atoms. The van der Waals surface area contributed by atoms with Gasteiger partial charge in [-0.3, -0.25) is 0 Å². The Kier molecular flexibility index (Phi) is 1.71. The highest BCUT2D eigenvalue weighted by atomic mass is 15.2. The van der Waals surface area contributed by atoms with Crippen LogP contribution in [0, 0.1) is 5.41 Å². The maximum atomic E-state index is 2.67. The molecule has 1 unspecified atom stereocenters. The van der Waals surface area contributed by atoms with Crippen molar-refractivity contribution in [1.82, 2.24) is 4.90 Å². The van der Waals surface area contributed by atoms with Crippen LogP contribution in [0.3, 0.4) is 0 Å². The molecule has 1 nitrogen and oxygen atoms in total. The quantitative estimate of drug-likeness (QED) is 0.588. The number of rotatable bonds is 2. The Morgan fingerprint density at radius 3 is 2.64 bits per heavy atom. The van der Waals surface area contributed by atoms with E-state index in [0.29, 0.717) is 0 Å². The average Bonchev–Trinajstić information content (AvgIpc) is 2.54. The highest BCUT2D eigenvalue weighted by Crippen LogP contribution is 2.46. The fourth-order valence-corrected chi connectivity index (χ4v) is 2.09. The van der Waals surface area contributed by atoms with E-state index in [2.05, 4.69) is 18.7 Å². The molecule has 1 saturated heterocycles. The lowest BCUT2D eigenvalue weighted by molar-refractivity contribution is 0.223. The largest absolute Gasteiger partial charge is 0.300 e. The van der Waals surface area contributed by atoms with Crippen LogP contribution in [0.2, 0.25) is 0 Å². The van der Waals surface area contributed by atoms with Gasteiger partial charge in [-0.2, -0.15) is 0 Å².